The lowest BCUT2D eigenvalue weighted by Gasteiger charge is -2.29. The Labute approximate surface area is 168 Å². The number of benzene rings is 3. The summed E-state index contributed by atoms with van der Waals surface area (Å²) >= 11 is 0. The van der Waals surface area contributed by atoms with Crippen LogP contribution in [0.15, 0.2) is 60.9 Å². The first-order valence-electron chi connectivity index (χ1n) is 9.90. The Bertz CT molecular complexity index is 1170. The average molecular weight is 387 g/mol. The van der Waals surface area contributed by atoms with Crippen LogP contribution in [-0.4, -0.2) is 36.1 Å². The van der Waals surface area contributed by atoms with Crippen molar-refractivity contribution in [1.29, 1.82) is 0 Å². The zero-order valence-electron chi connectivity index (χ0n) is 16.0. The van der Waals surface area contributed by atoms with Crippen LogP contribution in [0.4, 0.5) is 15.9 Å². The number of hydrogen-bond acceptors (Lipinski definition) is 5. The van der Waals surface area contributed by atoms with Crippen LogP contribution in [0, 0.1) is 5.82 Å². The van der Waals surface area contributed by atoms with Crippen molar-refractivity contribution in [3.8, 4) is 0 Å². The van der Waals surface area contributed by atoms with E-state index in [0.29, 0.717) is 23.4 Å². The second-order valence-corrected chi connectivity index (χ2v) is 7.27. The van der Waals surface area contributed by atoms with Gasteiger partial charge in [-0.25, -0.2) is 14.4 Å². The summed E-state index contributed by atoms with van der Waals surface area (Å²) in [7, 11) is 0. The number of nitrogens with one attached hydrogen (secondary N) is 2. The van der Waals surface area contributed by atoms with E-state index in [-0.39, 0.29) is 5.82 Å². The molecule has 1 aliphatic heterocycles. The third-order valence-electron chi connectivity index (χ3n) is 5.49. The molecule has 1 aliphatic rings. The van der Waals surface area contributed by atoms with Crippen LogP contribution < -0.4 is 15.5 Å². The number of fused-ring (bicyclic) bond motifs is 2. The van der Waals surface area contributed by atoms with Crippen molar-refractivity contribution in [2.75, 3.05) is 36.4 Å². The highest BCUT2D eigenvalue weighted by molar-refractivity contribution is 5.92. The molecule has 1 fully saturated rings. The van der Waals surface area contributed by atoms with Gasteiger partial charge in [-0.1, -0.05) is 42.5 Å². The summed E-state index contributed by atoms with van der Waals surface area (Å²) in [6.07, 6.45) is 1.53. The van der Waals surface area contributed by atoms with E-state index in [1.165, 1.54) is 22.7 Å². The topological polar surface area (TPSA) is 53.1 Å². The van der Waals surface area contributed by atoms with Gasteiger partial charge < -0.3 is 15.5 Å². The molecule has 2 heterocycles. The van der Waals surface area contributed by atoms with Gasteiger partial charge >= 0.3 is 0 Å². The molecule has 0 saturated carbocycles. The van der Waals surface area contributed by atoms with Crippen LogP contribution in [0.2, 0.25) is 0 Å². The number of rotatable bonds is 4. The zero-order chi connectivity index (χ0) is 19.6. The molecule has 0 bridgehead atoms. The predicted molar refractivity (Wildman–Crippen MR) is 116 cm³/mol. The lowest BCUT2D eigenvalue weighted by molar-refractivity contribution is 0.567. The molecular weight excluding hydrogens is 365 g/mol. The van der Waals surface area contributed by atoms with Gasteiger partial charge in [0.1, 0.15) is 18.0 Å². The van der Waals surface area contributed by atoms with Gasteiger partial charge in [-0.05, 0) is 28.5 Å². The van der Waals surface area contributed by atoms with E-state index in [0.717, 1.165) is 31.7 Å². The molecule has 3 aromatic carbocycles. The van der Waals surface area contributed by atoms with Crippen molar-refractivity contribution in [2.24, 2.45) is 0 Å². The van der Waals surface area contributed by atoms with Gasteiger partial charge in [-0.15, -0.1) is 0 Å². The van der Waals surface area contributed by atoms with Crippen molar-refractivity contribution in [2.45, 2.75) is 6.54 Å². The minimum atomic E-state index is -0.234. The molecule has 29 heavy (non-hydrogen) atoms. The molecule has 0 unspecified atom stereocenters. The van der Waals surface area contributed by atoms with Crippen molar-refractivity contribution < 1.29 is 4.39 Å². The van der Waals surface area contributed by atoms with Gasteiger partial charge in [0.2, 0.25) is 0 Å². The Hall–Kier alpha value is -3.25. The number of nitrogens with zero attached hydrogens (tertiary/aromatic N) is 3. The molecule has 0 amide bonds. The molecule has 4 aromatic rings. The number of hydrogen-bond donors (Lipinski definition) is 2. The van der Waals surface area contributed by atoms with Crippen molar-refractivity contribution in [1.82, 2.24) is 15.3 Å². The molecule has 5 rings (SSSR count). The summed E-state index contributed by atoms with van der Waals surface area (Å²) in [5.41, 5.74) is 2.53. The lowest BCUT2D eigenvalue weighted by Crippen LogP contribution is -2.43. The van der Waals surface area contributed by atoms with E-state index in [1.807, 2.05) is 18.2 Å². The van der Waals surface area contributed by atoms with Crippen LogP contribution in [0.25, 0.3) is 21.7 Å². The third kappa shape index (κ3) is 3.47. The van der Waals surface area contributed by atoms with Crippen molar-refractivity contribution in [3.05, 3.63) is 72.3 Å². The zero-order valence-corrected chi connectivity index (χ0v) is 16.0. The highest BCUT2D eigenvalue weighted by Crippen LogP contribution is 2.29. The number of anilines is 2. The van der Waals surface area contributed by atoms with Crippen LogP contribution in [0.1, 0.15) is 5.56 Å². The summed E-state index contributed by atoms with van der Waals surface area (Å²) in [6, 6.07) is 17.9. The Morgan fingerprint density at radius 1 is 0.966 bits per heavy atom. The van der Waals surface area contributed by atoms with E-state index in [1.54, 1.807) is 6.07 Å². The summed E-state index contributed by atoms with van der Waals surface area (Å²) in [4.78, 5) is 10.8. The van der Waals surface area contributed by atoms with Crippen molar-refractivity contribution in [3.63, 3.8) is 0 Å². The largest absolute Gasteiger partial charge is 0.367 e. The summed E-state index contributed by atoms with van der Waals surface area (Å²) in [5, 5.41) is 9.78. The molecule has 6 heteroatoms. The molecule has 0 aliphatic carbocycles. The van der Waals surface area contributed by atoms with E-state index in [9.17, 15) is 4.39 Å². The smallest absolute Gasteiger partial charge is 0.147 e. The lowest BCUT2D eigenvalue weighted by atomic mass is 10.0. The van der Waals surface area contributed by atoms with E-state index < -0.39 is 0 Å². The maximum Gasteiger partial charge on any atom is 0.147 e. The minimum Gasteiger partial charge on any atom is -0.367 e. The molecule has 2 N–H and O–H groups in total. The monoisotopic (exact) mass is 387 g/mol. The fourth-order valence-electron chi connectivity index (χ4n) is 3.98. The van der Waals surface area contributed by atoms with Crippen LogP contribution in [0.5, 0.6) is 0 Å². The Balaban J connectivity index is 1.46. The Kier molecular flexibility index (Phi) is 4.69. The quantitative estimate of drug-likeness (QED) is 0.555. The molecular formula is C23H22FN5. The first-order valence-corrected chi connectivity index (χ1v) is 9.90. The van der Waals surface area contributed by atoms with Gasteiger partial charge in [-0.2, -0.15) is 0 Å². The Morgan fingerprint density at radius 2 is 1.79 bits per heavy atom. The van der Waals surface area contributed by atoms with Gasteiger partial charge in [-0.3, -0.25) is 0 Å². The van der Waals surface area contributed by atoms with Crippen LogP contribution >= 0.6 is 0 Å². The minimum absolute atomic E-state index is 0.234. The standard InChI is InChI=1S/C23H22FN5/c24-20-12-19-21(13-22(20)29-10-8-25-9-11-29)27-15-28-23(19)26-14-17-6-3-5-16-4-1-2-7-18(16)17/h1-7,12-13,15,25H,8-11,14H2,(H,26,27,28). The number of aromatic nitrogens is 2. The molecule has 0 atom stereocenters. The molecule has 0 radical (unpaired) electrons. The first-order chi connectivity index (χ1) is 14.3. The van der Waals surface area contributed by atoms with Gasteiger partial charge in [0.25, 0.3) is 0 Å². The Morgan fingerprint density at radius 3 is 2.69 bits per heavy atom. The molecule has 5 nitrogen and oxygen atoms in total. The maximum absolute atomic E-state index is 14.9. The van der Waals surface area contributed by atoms with E-state index in [2.05, 4.69) is 55.8 Å². The van der Waals surface area contributed by atoms with Crippen molar-refractivity contribution >= 4 is 33.2 Å². The van der Waals surface area contributed by atoms with Gasteiger partial charge in [0.15, 0.2) is 0 Å². The molecule has 1 saturated heterocycles. The highest BCUT2D eigenvalue weighted by atomic mass is 19.1. The second-order valence-electron chi connectivity index (χ2n) is 7.27. The average Bonchev–Trinajstić information content (AvgIpc) is 2.78. The summed E-state index contributed by atoms with van der Waals surface area (Å²) in [6.45, 7) is 3.91. The van der Waals surface area contributed by atoms with E-state index in [4.69, 9.17) is 0 Å². The van der Waals surface area contributed by atoms with Crippen LogP contribution in [-0.2, 0) is 6.54 Å². The number of piperazine rings is 1. The number of halogens is 1. The molecule has 0 spiro atoms. The fourth-order valence-corrected chi connectivity index (χ4v) is 3.98. The predicted octanol–water partition coefficient (Wildman–Crippen LogP) is 3.94. The second kappa shape index (κ2) is 7.64. The normalized spacial score (nSPS) is 14.4. The summed E-state index contributed by atoms with van der Waals surface area (Å²) < 4.78 is 14.9. The van der Waals surface area contributed by atoms with Gasteiger partial charge in [0.05, 0.1) is 11.2 Å². The van der Waals surface area contributed by atoms with E-state index >= 15 is 0 Å². The first kappa shape index (κ1) is 17.8. The highest BCUT2D eigenvalue weighted by Gasteiger charge is 2.17. The van der Waals surface area contributed by atoms with Crippen LogP contribution in [0.3, 0.4) is 0 Å². The molecule has 1 aromatic heterocycles. The summed E-state index contributed by atoms with van der Waals surface area (Å²) in [5.74, 6) is 0.413. The SMILES string of the molecule is Fc1cc2c(NCc3cccc4ccccc34)ncnc2cc1N1CCNCC1. The molecule has 146 valence electrons. The third-order valence-corrected chi connectivity index (χ3v) is 5.49. The van der Waals surface area contributed by atoms with Gasteiger partial charge in [0, 0.05) is 38.1 Å². The maximum atomic E-state index is 14.9. The fraction of sp³-hybridized carbons (Fsp3) is 0.217.